The van der Waals surface area contributed by atoms with Crippen LogP contribution in [0.4, 0.5) is 11.4 Å². The number of nitrogens with one attached hydrogen (secondary N) is 1. The Balaban J connectivity index is 2.38. The molecule has 2 aromatic rings. The molecule has 0 aliphatic rings. The average Bonchev–Trinajstić information content (AvgIpc) is 2.63. The minimum Gasteiger partial charge on any atom is -0.500 e. The standard InChI is InChI=1S/C18H14ClN3O5/c1-10-3-4-13(8-14(10)19)21-18(24)12(9-20)5-11-6-15(22(25)26)17(23)16(7-11)27-2/h3-8,23H,1-2H3,(H,21,24)/b12-5+. The molecule has 0 saturated heterocycles. The van der Waals surface area contributed by atoms with Gasteiger partial charge in [-0.15, -0.1) is 0 Å². The Morgan fingerprint density at radius 2 is 2.11 bits per heavy atom. The van der Waals surface area contributed by atoms with Crippen molar-refractivity contribution >= 4 is 35.0 Å². The number of anilines is 1. The first-order chi connectivity index (χ1) is 12.8. The number of nitrogens with zero attached hydrogens (tertiary/aromatic N) is 2. The molecule has 0 radical (unpaired) electrons. The van der Waals surface area contributed by atoms with E-state index >= 15 is 0 Å². The Labute approximate surface area is 159 Å². The number of carbonyl (C=O) groups is 1. The van der Waals surface area contributed by atoms with Gasteiger partial charge in [0.1, 0.15) is 11.6 Å². The molecule has 0 saturated carbocycles. The van der Waals surface area contributed by atoms with Gasteiger partial charge in [0.25, 0.3) is 5.91 Å². The number of benzene rings is 2. The van der Waals surface area contributed by atoms with Gasteiger partial charge < -0.3 is 15.2 Å². The summed E-state index contributed by atoms with van der Waals surface area (Å²) in [7, 11) is 1.23. The summed E-state index contributed by atoms with van der Waals surface area (Å²) in [5.74, 6) is -1.51. The van der Waals surface area contributed by atoms with Crippen LogP contribution in [0.3, 0.4) is 0 Å². The second-order valence-corrected chi connectivity index (χ2v) is 5.84. The highest BCUT2D eigenvalue weighted by molar-refractivity contribution is 6.31. The van der Waals surface area contributed by atoms with Crippen molar-refractivity contribution in [3.05, 3.63) is 62.2 Å². The van der Waals surface area contributed by atoms with Gasteiger partial charge >= 0.3 is 5.69 Å². The zero-order valence-corrected chi connectivity index (χ0v) is 15.1. The van der Waals surface area contributed by atoms with Gasteiger partial charge in [0.2, 0.25) is 5.75 Å². The molecular weight excluding hydrogens is 374 g/mol. The minimum atomic E-state index is -0.796. The fourth-order valence-corrected chi connectivity index (χ4v) is 2.36. The highest BCUT2D eigenvalue weighted by Gasteiger charge is 2.20. The number of hydrogen-bond acceptors (Lipinski definition) is 6. The number of rotatable bonds is 5. The minimum absolute atomic E-state index is 0.144. The molecule has 1 amide bonds. The molecule has 138 valence electrons. The first kappa shape index (κ1) is 19.8. The predicted octanol–water partition coefficient (Wildman–Crippen LogP) is 3.82. The maximum Gasteiger partial charge on any atom is 0.315 e. The molecule has 0 bridgehead atoms. The van der Waals surface area contributed by atoms with Gasteiger partial charge in [0.15, 0.2) is 5.75 Å². The summed E-state index contributed by atoms with van der Waals surface area (Å²) >= 11 is 6.00. The molecule has 0 unspecified atom stereocenters. The summed E-state index contributed by atoms with van der Waals surface area (Å²) < 4.78 is 4.89. The Bertz CT molecular complexity index is 995. The van der Waals surface area contributed by atoms with Crippen molar-refractivity contribution in [1.82, 2.24) is 0 Å². The second-order valence-electron chi connectivity index (χ2n) is 5.44. The van der Waals surface area contributed by atoms with E-state index in [0.29, 0.717) is 10.7 Å². The van der Waals surface area contributed by atoms with Crippen molar-refractivity contribution in [3.8, 4) is 17.6 Å². The largest absolute Gasteiger partial charge is 0.500 e. The highest BCUT2D eigenvalue weighted by atomic mass is 35.5. The number of hydrogen-bond donors (Lipinski definition) is 2. The van der Waals surface area contributed by atoms with Crippen LogP contribution in [0.1, 0.15) is 11.1 Å². The van der Waals surface area contributed by atoms with Crippen LogP contribution in [0, 0.1) is 28.4 Å². The normalized spacial score (nSPS) is 10.8. The van der Waals surface area contributed by atoms with E-state index < -0.39 is 22.3 Å². The van der Waals surface area contributed by atoms with Crippen LogP contribution in [-0.4, -0.2) is 23.0 Å². The first-order valence-corrected chi connectivity index (χ1v) is 7.89. The van der Waals surface area contributed by atoms with Crippen molar-refractivity contribution in [2.75, 3.05) is 12.4 Å². The van der Waals surface area contributed by atoms with Crippen LogP contribution in [0.2, 0.25) is 5.02 Å². The van der Waals surface area contributed by atoms with Gasteiger partial charge in [-0.2, -0.15) is 5.26 Å². The molecule has 2 aromatic carbocycles. The van der Waals surface area contributed by atoms with E-state index in [9.17, 15) is 25.3 Å². The van der Waals surface area contributed by atoms with E-state index in [1.54, 1.807) is 25.1 Å². The second kappa shape index (κ2) is 8.21. The van der Waals surface area contributed by atoms with Gasteiger partial charge in [-0.3, -0.25) is 14.9 Å². The number of carbonyl (C=O) groups excluding carboxylic acids is 1. The molecule has 0 aromatic heterocycles. The molecular formula is C18H14ClN3O5. The maximum absolute atomic E-state index is 12.3. The smallest absolute Gasteiger partial charge is 0.315 e. The predicted molar refractivity (Wildman–Crippen MR) is 99.7 cm³/mol. The number of amides is 1. The number of ether oxygens (including phenoxy) is 1. The Morgan fingerprint density at radius 3 is 2.67 bits per heavy atom. The number of nitro groups is 1. The van der Waals surface area contributed by atoms with E-state index in [1.165, 1.54) is 19.2 Å². The van der Waals surface area contributed by atoms with Crippen molar-refractivity contribution in [3.63, 3.8) is 0 Å². The number of phenols is 1. The van der Waals surface area contributed by atoms with Crippen molar-refractivity contribution < 1.29 is 19.6 Å². The van der Waals surface area contributed by atoms with Crippen molar-refractivity contribution in [1.29, 1.82) is 5.26 Å². The Morgan fingerprint density at radius 1 is 1.41 bits per heavy atom. The lowest BCUT2D eigenvalue weighted by molar-refractivity contribution is -0.386. The number of halogens is 1. The van der Waals surface area contributed by atoms with Crippen LogP contribution in [0.25, 0.3) is 6.08 Å². The fraction of sp³-hybridized carbons (Fsp3) is 0.111. The molecule has 0 fully saturated rings. The van der Waals surface area contributed by atoms with Gasteiger partial charge in [0, 0.05) is 16.8 Å². The van der Waals surface area contributed by atoms with Gasteiger partial charge in [-0.1, -0.05) is 17.7 Å². The summed E-state index contributed by atoms with van der Waals surface area (Å²) in [5, 5.41) is 33.1. The van der Waals surface area contributed by atoms with Crippen LogP contribution >= 0.6 is 11.6 Å². The van der Waals surface area contributed by atoms with Gasteiger partial charge in [0.05, 0.1) is 12.0 Å². The maximum atomic E-state index is 12.3. The van der Waals surface area contributed by atoms with Crippen molar-refractivity contribution in [2.24, 2.45) is 0 Å². The zero-order valence-electron chi connectivity index (χ0n) is 14.3. The number of methoxy groups -OCH3 is 1. The quantitative estimate of drug-likeness (QED) is 0.347. The lowest BCUT2D eigenvalue weighted by Crippen LogP contribution is -2.13. The van der Waals surface area contributed by atoms with Crippen LogP contribution < -0.4 is 10.1 Å². The lowest BCUT2D eigenvalue weighted by Gasteiger charge is -2.07. The van der Waals surface area contributed by atoms with E-state index in [1.807, 2.05) is 0 Å². The van der Waals surface area contributed by atoms with Crippen LogP contribution in [0.5, 0.6) is 11.5 Å². The molecule has 2 N–H and O–H groups in total. The first-order valence-electron chi connectivity index (χ1n) is 7.51. The molecule has 8 nitrogen and oxygen atoms in total. The number of aryl methyl sites for hydroxylation is 1. The fourth-order valence-electron chi connectivity index (χ4n) is 2.18. The SMILES string of the molecule is COc1cc(/C=C(\C#N)C(=O)Nc2ccc(C)c(Cl)c2)cc([N+](=O)[O-])c1O. The number of nitro benzene ring substituents is 1. The molecule has 0 atom stereocenters. The van der Waals surface area contributed by atoms with Gasteiger partial charge in [-0.25, -0.2) is 0 Å². The third-order valence-corrected chi connectivity index (χ3v) is 4.01. The highest BCUT2D eigenvalue weighted by Crippen LogP contribution is 2.37. The van der Waals surface area contributed by atoms with E-state index in [-0.39, 0.29) is 16.9 Å². The molecule has 27 heavy (non-hydrogen) atoms. The van der Waals surface area contributed by atoms with E-state index in [0.717, 1.165) is 17.7 Å². The average molecular weight is 388 g/mol. The summed E-state index contributed by atoms with van der Waals surface area (Å²) in [6, 6.07) is 8.92. The molecule has 9 heteroatoms. The topological polar surface area (TPSA) is 125 Å². The summed E-state index contributed by atoms with van der Waals surface area (Å²) in [4.78, 5) is 22.6. The Kier molecular flexibility index (Phi) is 6.00. The van der Waals surface area contributed by atoms with Crippen molar-refractivity contribution in [2.45, 2.75) is 6.92 Å². The molecule has 2 rings (SSSR count). The number of aromatic hydroxyl groups is 1. The third-order valence-electron chi connectivity index (χ3n) is 3.60. The molecule has 0 aliphatic carbocycles. The Hall–Kier alpha value is -3.57. The van der Waals surface area contributed by atoms with E-state index in [4.69, 9.17) is 16.3 Å². The summed E-state index contributed by atoms with van der Waals surface area (Å²) in [6.07, 6.45) is 1.15. The summed E-state index contributed by atoms with van der Waals surface area (Å²) in [5.41, 5.74) is 0.461. The molecule has 0 aliphatic heterocycles. The van der Waals surface area contributed by atoms with Crippen LogP contribution in [0.15, 0.2) is 35.9 Å². The zero-order chi connectivity index (χ0) is 20.1. The number of phenolic OH excluding ortho intramolecular Hbond substituents is 1. The summed E-state index contributed by atoms with van der Waals surface area (Å²) in [6.45, 7) is 1.81. The number of nitriles is 1. The van der Waals surface area contributed by atoms with Crippen LogP contribution in [-0.2, 0) is 4.79 Å². The monoisotopic (exact) mass is 387 g/mol. The lowest BCUT2D eigenvalue weighted by atomic mass is 10.1. The molecule has 0 spiro atoms. The van der Waals surface area contributed by atoms with Gasteiger partial charge in [-0.05, 0) is 42.3 Å². The third kappa shape index (κ3) is 4.54. The molecule has 0 heterocycles. The van der Waals surface area contributed by atoms with E-state index in [2.05, 4.69) is 5.32 Å².